The number of hydrogen-bond donors (Lipinski definition) is 0. The Balaban J connectivity index is 1.56. The summed E-state index contributed by atoms with van der Waals surface area (Å²) in [4.78, 5) is 14.4. The number of rotatable bonds is 4. The van der Waals surface area contributed by atoms with E-state index in [1.54, 1.807) is 0 Å². The Morgan fingerprint density at radius 3 is 2.42 bits per heavy atom. The molecule has 2 heterocycles. The van der Waals surface area contributed by atoms with E-state index in [1.165, 1.54) is 5.56 Å². The molecule has 128 valence electrons. The number of benzene rings is 1. The lowest BCUT2D eigenvalue weighted by Gasteiger charge is -2.30. The van der Waals surface area contributed by atoms with Crippen LogP contribution in [0.15, 0.2) is 30.3 Å². The predicted octanol–water partition coefficient (Wildman–Crippen LogP) is 3.68. The molecule has 1 aliphatic heterocycles. The maximum Gasteiger partial charge on any atom is 0.222 e. The van der Waals surface area contributed by atoms with Crippen LogP contribution in [0.5, 0.6) is 0 Å². The van der Waals surface area contributed by atoms with Gasteiger partial charge in [0, 0.05) is 25.2 Å². The van der Waals surface area contributed by atoms with Gasteiger partial charge in [0.05, 0.1) is 11.4 Å². The van der Waals surface area contributed by atoms with Crippen molar-refractivity contribution >= 4 is 5.91 Å². The van der Waals surface area contributed by atoms with Crippen molar-refractivity contribution in [1.29, 1.82) is 0 Å². The molecule has 0 spiro atoms. The van der Waals surface area contributed by atoms with Gasteiger partial charge in [-0.05, 0) is 62.8 Å². The summed E-state index contributed by atoms with van der Waals surface area (Å²) in [6.45, 7) is 8.19. The molecule has 0 N–H and O–H groups in total. The van der Waals surface area contributed by atoms with E-state index in [0.717, 1.165) is 55.3 Å². The Labute approximate surface area is 144 Å². The minimum Gasteiger partial charge on any atom is -0.343 e. The van der Waals surface area contributed by atoms with Crippen LogP contribution in [0.2, 0.25) is 0 Å². The van der Waals surface area contributed by atoms with Gasteiger partial charge in [-0.25, -0.2) is 4.68 Å². The third-order valence-electron chi connectivity index (χ3n) is 4.95. The zero-order valence-corrected chi connectivity index (χ0v) is 15.0. The van der Waals surface area contributed by atoms with E-state index >= 15 is 0 Å². The minimum absolute atomic E-state index is 0.296. The van der Waals surface area contributed by atoms with Crippen molar-refractivity contribution < 1.29 is 4.79 Å². The third-order valence-corrected chi connectivity index (χ3v) is 4.95. The summed E-state index contributed by atoms with van der Waals surface area (Å²) in [5, 5.41) is 4.51. The molecule has 24 heavy (non-hydrogen) atoms. The molecule has 2 aromatic rings. The minimum atomic E-state index is 0.296. The summed E-state index contributed by atoms with van der Waals surface area (Å²) in [5.41, 5.74) is 4.44. The summed E-state index contributed by atoms with van der Waals surface area (Å²) in [6.07, 6.45) is 3.70. The Bertz CT molecular complexity index is 694. The van der Waals surface area contributed by atoms with E-state index in [9.17, 15) is 4.79 Å². The second kappa shape index (κ2) is 7.20. The maximum atomic E-state index is 12.3. The lowest BCUT2D eigenvalue weighted by molar-refractivity contribution is -0.132. The summed E-state index contributed by atoms with van der Waals surface area (Å²) in [5.74, 6) is 1.06. The molecule has 1 aromatic heterocycles. The molecule has 0 saturated carbocycles. The Hall–Kier alpha value is -2.10. The molecule has 4 heteroatoms. The molecule has 0 radical (unpaired) electrons. The van der Waals surface area contributed by atoms with Crippen molar-refractivity contribution in [3.8, 4) is 5.69 Å². The second-order valence-corrected chi connectivity index (χ2v) is 7.07. The highest BCUT2D eigenvalue weighted by Crippen LogP contribution is 2.18. The normalized spacial score (nSPS) is 15.7. The maximum absolute atomic E-state index is 12.3. The number of hydrogen-bond acceptors (Lipinski definition) is 2. The van der Waals surface area contributed by atoms with E-state index in [0.29, 0.717) is 12.3 Å². The third kappa shape index (κ3) is 3.86. The second-order valence-electron chi connectivity index (χ2n) is 7.07. The van der Waals surface area contributed by atoms with Crippen molar-refractivity contribution in [3.05, 3.63) is 47.3 Å². The van der Waals surface area contributed by atoms with Crippen LogP contribution in [0, 0.1) is 19.8 Å². The Morgan fingerprint density at radius 2 is 1.83 bits per heavy atom. The fourth-order valence-corrected chi connectivity index (χ4v) is 3.36. The number of aromatic nitrogens is 2. The fourth-order valence-electron chi connectivity index (χ4n) is 3.36. The van der Waals surface area contributed by atoms with Gasteiger partial charge in [-0.15, -0.1) is 0 Å². The highest BCUT2D eigenvalue weighted by molar-refractivity contribution is 5.76. The van der Waals surface area contributed by atoms with Crippen LogP contribution in [0.4, 0.5) is 0 Å². The number of nitrogens with zero attached hydrogens (tertiary/aromatic N) is 3. The van der Waals surface area contributed by atoms with Gasteiger partial charge in [0.15, 0.2) is 0 Å². The number of aryl methyl sites for hydroxylation is 3. The van der Waals surface area contributed by atoms with Crippen LogP contribution in [-0.2, 0) is 11.2 Å². The van der Waals surface area contributed by atoms with Gasteiger partial charge < -0.3 is 4.90 Å². The zero-order valence-electron chi connectivity index (χ0n) is 15.0. The first kappa shape index (κ1) is 16.7. The largest absolute Gasteiger partial charge is 0.343 e. The van der Waals surface area contributed by atoms with Gasteiger partial charge >= 0.3 is 0 Å². The molecule has 0 unspecified atom stereocenters. The monoisotopic (exact) mass is 325 g/mol. The van der Waals surface area contributed by atoms with Gasteiger partial charge in [0.25, 0.3) is 0 Å². The van der Waals surface area contributed by atoms with Crippen LogP contribution >= 0.6 is 0 Å². The molecule has 0 bridgehead atoms. The van der Waals surface area contributed by atoms with Crippen LogP contribution in [0.3, 0.4) is 0 Å². The lowest BCUT2D eigenvalue weighted by atomic mass is 9.98. The Morgan fingerprint density at radius 1 is 1.17 bits per heavy atom. The van der Waals surface area contributed by atoms with E-state index in [4.69, 9.17) is 0 Å². The van der Waals surface area contributed by atoms with Crippen LogP contribution in [-0.4, -0.2) is 33.7 Å². The molecule has 1 amide bonds. The van der Waals surface area contributed by atoms with Crippen LogP contribution in [0.25, 0.3) is 5.69 Å². The quantitative estimate of drug-likeness (QED) is 0.860. The number of carbonyl (C=O) groups excluding carboxylic acids is 1. The SMILES string of the molecule is Cc1cc(C)n(-c2ccc(CCC(=O)N3CCC(C)CC3)cc2)n1. The number of likely N-dealkylation sites (tertiary alicyclic amines) is 1. The predicted molar refractivity (Wildman–Crippen MR) is 96.3 cm³/mol. The average Bonchev–Trinajstić information content (AvgIpc) is 2.92. The smallest absolute Gasteiger partial charge is 0.222 e. The van der Waals surface area contributed by atoms with Crippen LogP contribution in [0.1, 0.15) is 43.1 Å². The number of carbonyl (C=O) groups is 1. The topological polar surface area (TPSA) is 38.1 Å². The van der Waals surface area contributed by atoms with Crippen molar-refractivity contribution in [3.63, 3.8) is 0 Å². The van der Waals surface area contributed by atoms with Crippen molar-refractivity contribution in [2.45, 2.75) is 46.5 Å². The van der Waals surface area contributed by atoms with E-state index < -0.39 is 0 Å². The summed E-state index contributed by atoms with van der Waals surface area (Å²) in [7, 11) is 0. The van der Waals surface area contributed by atoms with Crippen molar-refractivity contribution in [2.24, 2.45) is 5.92 Å². The standard InChI is InChI=1S/C20H27N3O/c1-15-10-12-22(13-11-15)20(24)9-6-18-4-7-19(8-5-18)23-17(3)14-16(2)21-23/h4-5,7-8,14-15H,6,9-13H2,1-3H3. The molecule has 0 atom stereocenters. The molecule has 3 rings (SSSR count). The number of amides is 1. The lowest BCUT2D eigenvalue weighted by Crippen LogP contribution is -2.37. The van der Waals surface area contributed by atoms with Crippen LogP contribution < -0.4 is 0 Å². The molecule has 1 aromatic carbocycles. The average molecular weight is 325 g/mol. The molecule has 1 aliphatic rings. The molecule has 1 saturated heterocycles. The fraction of sp³-hybridized carbons (Fsp3) is 0.500. The molecular weight excluding hydrogens is 298 g/mol. The first-order chi connectivity index (χ1) is 11.5. The molecule has 4 nitrogen and oxygen atoms in total. The summed E-state index contributed by atoms with van der Waals surface area (Å²) >= 11 is 0. The van der Waals surface area contributed by atoms with Crippen molar-refractivity contribution in [1.82, 2.24) is 14.7 Å². The van der Waals surface area contributed by atoms with Gasteiger partial charge in [0.2, 0.25) is 5.91 Å². The van der Waals surface area contributed by atoms with E-state index in [-0.39, 0.29) is 0 Å². The number of piperidine rings is 1. The van der Waals surface area contributed by atoms with Gasteiger partial charge in [-0.1, -0.05) is 19.1 Å². The first-order valence-corrected chi connectivity index (χ1v) is 8.93. The summed E-state index contributed by atoms with van der Waals surface area (Å²) in [6, 6.07) is 10.5. The highest BCUT2D eigenvalue weighted by Gasteiger charge is 2.19. The van der Waals surface area contributed by atoms with Gasteiger partial charge in [-0.2, -0.15) is 5.10 Å². The molecular formula is C20H27N3O. The molecule has 0 aliphatic carbocycles. The molecule has 1 fully saturated rings. The highest BCUT2D eigenvalue weighted by atomic mass is 16.2. The van der Waals surface area contributed by atoms with E-state index in [2.05, 4.69) is 49.3 Å². The first-order valence-electron chi connectivity index (χ1n) is 8.93. The van der Waals surface area contributed by atoms with Crippen molar-refractivity contribution in [2.75, 3.05) is 13.1 Å². The van der Waals surface area contributed by atoms with Gasteiger partial charge in [-0.3, -0.25) is 4.79 Å². The summed E-state index contributed by atoms with van der Waals surface area (Å²) < 4.78 is 1.96. The Kier molecular flexibility index (Phi) is 5.03. The van der Waals surface area contributed by atoms with E-state index in [1.807, 2.05) is 16.5 Å². The zero-order chi connectivity index (χ0) is 17.1. The van der Waals surface area contributed by atoms with Gasteiger partial charge in [0.1, 0.15) is 0 Å².